The lowest BCUT2D eigenvalue weighted by molar-refractivity contribution is 0.112. The molecule has 0 aromatic rings. The van der Waals surface area contributed by atoms with Gasteiger partial charge in [-0.1, -0.05) is 0 Å². The van der Waals surface area contributed by atoms with E-state index in [1.807, 2.05) is 14.1 Å². The molecule has 3 nitrogen and oxygen atoms in total. The second-order valence-corrected chi connectivity index (χ2v) is 4.15. The number of rotatable bonds is 2. The molecule has 1 aliphatic rings. The van der Waals surface area contributed by atoms with Crippen molar-refractivity contribution in [2.24, 2.45) is 0 Å². The average Bonchev–Trinajstić information content (AvgIpc) is 2.30. The fourth-order valence-corrected chi connectivity index (χ4v) is 1.73. The molecule has 1 N–H and O–H groups in total. The van der Waals surface area contributed by atoms with Gasteiger partial charge in [0.2, 0.25) is 0 Å². The van der Waals surface area contributed by atoms with Crippen molar-refractivity contribution < 1.29 is 5.11 Å². The number of β-amino-alcohol motifs (C(OH)–C–C–N with tert-alkyl or cyclic N) is 1. The zero-order chi connectivity index (χ0) is 9.30. The van der Waals surface area contributed by atoms with Crippen LogP contribution < -0.4 is 0 Å². The highest BCUT2D eigenvalue weighted by molar-refractivity contribution is 4.89. The van der Waals surface area contributed by atoms with Crippen LogP contribution >= 0.6 is 0 Å². The van der Waals surface area contributed by atoms with Crippen LogP contribution in [0.25, 0.3) is 0 Å². The molecule has 1 rings (SSSR count). The van der Waals surface area contributed by atoms with E-state index in [-0.39, 0.29) is 6.10 Å². The van der Waals surface area contributed by atoms with Gasteiger partial charge in [-0.2, -0.15) is 0 Å². The normalized spacial score (nSPS) is 32.2. The highest BCUT2D eigenvalue weighted by atomic mass is 16.3. The quantitative estimate of drug-likeness (QED) is 0.635. The second kappa shape index (κ2) is 3.73. The van der Waals surface area contributed by atoms with E-state index in [4.69, 9.17) is 0 Å². The number of likely N-dealkylation sites (tertiary alicyclic amines) is 1. The van der Waals surface area contributed by atoms with E-state index >= 15 is 0 Å². The van der Waals surface area contributed by atoms with Crippen LogP contribution in [0, 0.1) is 0 Å². The summed E-state index contributed by atoms with van der Waals surface area (Å²) >= 11 is 0. The Labute approximate surface area is 75.0 Å². The number of aliphatic hydroxyl groups excluding tert-OH is 1. The molecule has 0 bridgehead atoms. The Kier molecular flexibility index (Phi) is 3.09. The minimum atomic E-state index is -0.178. The first kappa shape index (κ1) is 9.96. The van der Waals surface area contributed by atoms with Crippen molar-refractivity contribution in [3.63, 3.8) is 0 Å². The van der Waals surface area contributed by atoms with Gasteiger partial charge in [-0.3, -0.25) is 4.90 Å². The maximum absolute atomic E-state index is 9.70. The lowest BCUT2D eigenvalue weighted by Crippen LogP contribution is -2.38. The van der Waals surface area contributed by atoms with Gasteiger partial charge < -0.3 is 10.0 Å². The van der Waals surface area contributed by atoms with Crippen LogP contribution in [-0.4, -0.2) is 60.3 Å². The monoisotopic (exact) mass is 172 g/mol. The molecule has 72 valence electrons. The summed E-state index contributed by atoms with van der Waals surface area (Å²) in [6, 6.07) is 0.858. The largest absolute Gasteiger partial charge is 0.390 e. The first-order chi connectivity index (χ1) is 5.52. The molecule has 1 saturated heterocycles. The van der Waals surface area contributed by atoms with Crippen molar-refractivity contribution in [3.8, 4) is 0 Å². The highest BCUT2D eigenvalue weighted by Crippen LogP contribution is 2.16. The van der Waals surface area contributed by atoms with Crippen LogP contribution in [0.5, 0.6) is 0 Å². The van der Waals surface area contributed by atoms with E-state index in [1.54, 1.807) is 0 Å². The molecule has 0 spiro atoms. The summed E-state index contributed by atoms with van der Waals surface area (Å²) < 4.78 is 0. The summed E-state index contributed by atoms with van der Waals surface area (Å²) in [6.45, 7) is 6.15. The van der Waals surface area contributed by atoms with E-state index in [9.17, 15) is 5.11 Å². The van der Waals surface area contributed by atoms with Gasteiger partial charge in [-0.25, -0.2) is 0 Å². The van der Waals surface area contributed by atoms with Crippen molar-refractivity contribution in [1.82, 2.24) is 9.80 Å². The Morgan fingerprint density at radius 1 is 1.33 bits per heavy atom. The lowest BCUT2D eigenvalue weighted by atomic mass is 10.2. The molecular weight excluding hydrogens is 152 g/mol. The molecule has 0 saturated carbocycles. The van der Waals surface area contributed by atoms with E-state index in [1.165, 1.54) is 0 Å². The Bertz CT molecular complexity index is 147. The molecule has 2 atom stereocenters. The molecule has 1 aliphatic heterocycles. The predicted molar refractivity (Wildman–Crippen MR) is 50.2 cm³/mol. The van der Waals surface area contributed by atoms with Crippen LogP contribution in [0.2, 0.25) is 0 Å². The van der Waals surface area contributed by atoms with Gasteiger partial charge in [0.05, 0.1) is 6.10 Å². The van der Waals surface area contributed by atoms with Gasteiger partial charge in [-0.15, -0.1) is 0 Å². The molecule has 3 heteroatoms. The number of likely N-dealkylation sites (N-methyl/N-ethyl adjacent to an activating group) is 1. The standard InChI is InChI=1S/C9H20N2O/c1-7(2)11-5-8(10(3)4)9(12)6-11/h7-9,12H,5-6H2,1-4H3/t8-,9+/m1/s1. The Morgan fingerprint density at radius 2 is 1.92 bits per heavy atom. The Balaban J connectivity index is 2.50. The molecule has 0 aliphatic carbocycles. The molecule has 0 amide bonds. The van der Waals surface area contributed by atoms with E-state index in [2.05, 4.69) is 23.6 Å². The summed E-state index contributed by atoms with van der Waals surface area (Å²) in [7, 11) is 4.05. The smallest absolute Gasteiger partial charge is 0.0834 e. The van der Waals surface area contributed by atoms with Crippen LogP contribution in [0.15, 0.2) is 0 Å². The van der Waals surface area contributed by atoms with Gasteiger partial charge in [0, 0.05) is 25.2 Å². The molecule has 0 aromatic heterocycles. The molecule has 0 unspecified atom stereocenters. The summed E-state index contributed by atoms with van der Waals surface area (Å²) in [5.74, 6) is 0. The van der Waals surface area contributed by atoms with E-state index < -0.39 is 0 Å². The van der Waals surface area contributed by atoms with Gasteiger partial charge in [0.15, 0.2) is 0 Å². The fourth-order valence-electron chi connectivity index (χ4n) is 1.73. The summed E-state index contributed by atoms with van der Waals surface area (Å²) in [6.07, 6.45) is -0.178. The van der Waals surface area contributed by atoms with Crippen molar-refractivity contribution >= 4 is 0 Å². The van der Waals surface area contributed by atoms with Gasteiger partial charge in [-0.05, 0) is 27.9 Å². The van der Waals surface area contributed by atoms with Gasteiger partial charge in [0.1, 0.15) is 0 Å². The summed E-state index contributed by atoms with van der Waals surface area (Å²) in [5, 5.41) is 9.70. The van der Waals surface area contributed by atoms with Crippen molar-refractivity contribution in [1.29, 1.82) is 0 Å². The molecule has 1 heterocycles. The van der Waals surface area contributed by atoms with Crippen molar-refractivity contribution in [2.45, 2.75) is 32.0 Å². The first-order valence-electron chi connectivity index (χ1n) is 4.61. The fraction of sp³-hybridized carbons (Fsp3) is 1.00. The van der Waals surface area contributed by atoms with Crippen molar-refractivity contribution in [3.05, 3.63) is 0 Å². The molecule has 1 fully saturated rings. The number of nitrogens with zero attached hydrogens (tertiary/aromatic N) is 2. The average molecular weight is 172 g/mol. The molecule has 0 radical (unpaired) electrons. The number of hydrogen-bond acceptors (Lipinski definition) is 3. The maximum Gasteiger partial charge on any atom is 0.0834 e. The zero-order valence-electron chi connectivity index (χ0n) is 8.49. The van der Waals surface area contributed by atoms with Crippen molar-refractivity contribution in [2.75, 3.05) is 27.2 Å². The lowest BCUT2D eigenvalue weighted by Gasteiger charge is -2.23. The number of aliphatic hydroxyl groups is 1. The van der Waals surface area contributed by atoms with Gasteiger partial charge in [0.25, 0.3) is 0 Å². The molecule has 0 aromatic carbocycles. The summed E-state index contributed by atoms with van der Waals surface area (Å²) in [5.41, 5.74) is 0. The first-order valence-corrected chi connectivity index (χ1v) is 4.61. The third kappa shape index (κ3) is 1.97. The zero-order valence-corrected chi connectivity index (χ0v) is 8.49. The maximum atomic E-state index is 9.70. The third-order valence-corrected chi connectivity index (χ3v) is 2.68. The summed E-state index contributed by atoms with van der Waals surface area (Å²) in [4.78, 5) is 4.42. The van der Waals surface area contributed by atoms with E-state index in [0.29, 0.717) is 12.1 Å². The van der Waals surface area contributed by atoms with E-state index in [0.717, 1.165) is 13.1 Å². The topological polar surface area (TPSA) is 26.7 Å². The van der Waals surface area contributed by atoms with Crippen LogP contribution in [0.3, 0.4) is 0 Å². The van der Waals surface area contributed by atoms with Crippen LogP contribution in [0.1, 0.15) is 13.8 Å². The minimum absolute atomic E-state index is 0.178. The Morgan fingerprint density at radius 3 is 2.17 bits per heavy atom. The third-order valence-electron chi connectivity index (χ3n) is 2.68. The highest BCUT2D eigenvalue weighted by Gasteiger charge is 2.33. The number of hydrogen-bond donors (Lipinski definition) is 1. The SMILES string of the molecule is CC(C)N1C[C@@H](N(C)C)[C@@H](O)C1. The van der Waals surface area contributed by atoms with Gasteiger partial charge >= 0.3 is 0 Å². The second-order valence-electron chi connectivity index (χ2n) is 4.15. The van der Waals surface area contributed by atoms with Crippen LogP contribution in [-0.2, 0) is 0 Å². The Hall–Kier alpha value is -0.120. The molecular formula is C9H20N2O. The molecule has 12 heavy (non-hydrogen) atoms. The minimum Gasteiger partial charge on any atom is -0.390 e. The predicted octanol–water partition coefficient (Wildman–Crippen LogP) is 0.00150. The van der Waals surface area contributed by atoms with Crippen LogP contribution in [0.4, 0.5) is 0 Å².